The first kappa shape index (κ1) is 13.8. The van der Waals surface area contributed by atoms with Crippen molar-refractivity contribution in [3.8, 4) is 0 Å². The van der Waals surface area contributed by atoms with E-state index in [1.807, 2.05) is 11.9 Å². The van der Waals surface area contributed by atoms with Gasteiger partial charge < -0.3 is 10.6 Å². The van der Waals surface area contributed by atoms with Crippen molar-refractivity contribution in [2.24, 2.45) is 17.6 Å². The third kappa shape index (κ3) is 4.94. The molecule has 2 rings (SSSR count). The number of nitrogens with two attached hydrogens (primary N) is 1. The van der Waals surface area contributed by atoms with Gasteiger partial charge in [-0.05, 0) is 50.5 Å². The summed E-state index contributed by atoms with van der Waals surface area (Å²) in [5.41, 5.74) is 5.48. The summed E-state index contributed by atoms with van der Waals surface area (Å²) in [7, 11) is 1.89. The summed E-state index contributed by atoms with van der Waals surface area (Å²) in [5, 5.41) is 0. The molecule has 2 aliphatic rings. The van der Waals surface area contributed by atoms with Crippen LogP contribution in [0, 0.1) is 11.8 Å². The van der Waals surface area contributed by atoms with Gasteiger partial charge in [0.25, 0.3) is 0 Å². The van der Waals surface area contributed by atoms with E-state index in [2.05, 4.69) is 4.90 Å². The van der Waals surface area contributed by atoms with Gasteiger partial charge in [0.2, 0.25) is 5.91 Å². The van der Waals surface area contributed by atoms with E-state index in [1.165, 1.54) is 25.7 Å². The molecule has 2 fully saturated rings. The predicted molar refractivity (Wildman–Crippen MR) is 73.2 cm³/mol. The van der Waals surface area contributed by atoms with Gasteiger partial charge in [-0.15, -0.1) is 0 Å². The zero-order valence-electron chi connectivity index (χ0n) is 11.6. The fourth-order valence-corrected chi connectivity index (χ4v) is 2.30. The lowest BCUT2D eigenvalue weighted by Gasteiger charge is -2.25. The van der Waals surface area contributed by atoms with Gasteiger partial charge in [0.15, 0.2) is 0 Å². The second-order valence-corrected chi connectivity index (χ2v) is 6.04. The Hall–Kier alpha value is -0.610. The molecule has 0 spiro atoms. The van der Waals surface area contributed by atoms with Gasteiger partial charge in [-0.1, -0.05) is 0 Å². The van der Waals surface area contributed by atoms with Gasteiger partial charge in [-0.3, -0.25) is 9.69 Å². The average molecular weight is 253 g/mol. The second-order valence-electron chi connectivity index (χ2n) is 6.04. The summed E-state index contributed by atoms with van der Waals surface area (Å²) in [6.45, 7) is 4.32. The third-order valence-corrected chi connectivity index (χ3v) is 3.91. The molecule has 0 aromatic rings. The van der Waals surface area contributed by atoms with Crippen LogP contribution in [0.25, 0.3) is 0 Å². The summed E-state index contributed by atoms with van der Waals surface area (Å²) in [6, 6.07) is 0. The molecular weight excluding hydrogens is 226 g/mol. The van der Waals surface area contributed by atoms with Crippen molar-refractivity contribution in [2.45, 2.75) is 32.1 Å². The largest absolute Gasteiger partial charge is 0.345 e. The maximum atomic E-state index is 12.1. The van der Waals surface area contributed by atoms with Crippen molar-refractivity contribution in [3.05, 3.63) is 0 Å². The number of nitrogens with zero attached hydrogens (tertiary/aromatic N) is 2. The van der Waals surface area contributed by atoms with Gasteiger partial charge >= 0.3 is 0 Å². The van der Waals surface area contributed by atoms with Crippen molar-refractivity contribution in [3.63, 3.8) is 0 Å². The lowest BCUT2D eigenvalue weighted by atomic mass is 10.3. The number of carbonyl (C=O) groups excluding carboxylic acids is 1. The Morgan fingerprint density at radius 3 is 2.17 bits per heavy atom. The summed E-state index contributed by atoms with van der Waals surface area (Å²) >= 11 is 0. The highest BCUT2D eigenvalue weighted by molar-refractivity contribution is 5.77. The van der Waals surface area contributed by atoms with Crippen LogP contribution in [0.4, 0.5) is 0 Å². The van der Waals surface area contributed by atoms with Crippen LogP contribution >= 0.6 is 0 Å². The Labute approximate surface area is 110 Å². The number of amides is 1. The topological polar surface area (TPSA) is 49.6 Å². The molecule has 0 unspecified atom stereocenters. The van der Waals surface area contributed by atoms with Crippen LogP contribution in [0.2, 0.25) is 0 Å². The minimum absolute atomic E-state index is 0.254. The van der Waals surface area contributed by atoms with Gasteiger partial charge in [0.1, 0.15) is 0 Å². The molecule has 0 aromatic heterocycles. The van der Waals surface area contributed by atoms with Crippen LogP contribution in [0.1, 0.15) is 32.1 Å². The van der Waals surface area contributed by atoms with Crippen molar-refractivity contribution in [2.75, 3.05) is 39.8 Å². The Morgan fingerprint density at radius 2 is 1.72 bits per heavy atom. The van der Waals surface area contributed by atoms with Gasteiger partial charge in [0.05, 0.1) is 6.54 Å². The molecule has 0 aromatic carbocycles. The Balaban J connectivity index is 1.72. The second kappa shape index (κ2) is 6.53. The molecule has 0 aliphatic heterocycles. The molecule has 2 N–H and O–H groups in total. The van der Waals surface area contributed by atoms with Crippen LogP contribution in [-0.4, -0.2) is 55.5 Å². The Kier molecular flexibility index (Phi) is 5.01. The van der Waals surface area contributed by atoms with Crippen LogP contribution in [0.3, 0.4) is 0 Å². The standard InChI is InChI=1S/C14H27N3O/c1-16(8-2-7-15)14(18)11-17(9-12-3-4-12)10-13-5-6-13/h12-13H,2-11,15H2,1H3. The first-order chi connectivity index (χ1) is 8.69. The molecule has 0 radical (unpaired) electrons. The van der Waals surface area contributed by atoms with Crippen LogP contribution in [-0.2, 0) is 4.79 Å². The first-order valence-corrected chi connectivity index (χ1v) is 7.35. The van der Waals surface area contributed by atoms with Crippen molar-refractivity contribution in [1.29, 1.82) is 0 Å². The molecule has 0 heterocycles. The molecule has 0 saturated heterocycles. The smallest absolute Gasteiger partial charge is 0.236 e. The van der Waals surface area contributed by atoms with Crippen LogP contribution < -0.4 is 5.73 Å². The molecule has 104 valence electrons. The van der Waals surface area contributed by atoms with E-state index in [1.54, 1.807) is 0 Å². The lowest BCUT2D eigenvalue weighted by Crippen LogP contribution is -2.40. The van der Waals surface area contributed by atoms with Gasteiger partial charge in [-0.2, -0.15) is 0 Å². The minimum Gasteiger partial charge on any atom is -0.345 e. The van der Waals surface area contributed by atoms with E-state index in [4.69, 9.17) is 5.73 Å². The Bertz CT molecular complexity index is 260. The molecular formula is C14H27N3O. The van der Waals surface area contributed by atoms with Crippen molar-refractivity contribution in [1.82, 2.24) is 9.80 Å². The first-order valence-electron chi connectivity index (χ1n) is 7.35. The quantitative estimate of drug-likeness (QED) is 0.664. The fourth-order valence-electron chi connectivity index (χ4n) is 2.30. The van der Waals surface area contributed by atoms with Crippen molar-refractivity contribution < 1.29 is 4.79 Å². The highest BCUT2D eigenvalue weighted by atomic mass is 16.2. The van der Waals surface area contributed by atoms with Crippen LogP contribution in [0.15, 0.2) is 0 Å². The molecule has 2 saturated carbocycles. The van der Waals surface area contributed by atoms with E-state index in [0.29, 0.717) is 13.1 Å². The molecule has 4 nitrogen and oxygen atoms in total. The van der Waals surface area contributed by atoms with Crippen molar-refractivity contribution >= 4 is 5.91 Å². The Morgan fingerprint density at radius 1 is 1.17 bits per heavy atom. The number of hydrogen-bond acceptors (Lipinski definition) is 3. The average Bonchev–Trinajstić information content (AvgIpc) is 3.21. The summed E-state index contributed by atoms with van der Waals surface area (Å²) in [4.78, 5) is 16.3. The molecule has 18 heavy (non-hydrogen) atoms. The lowest BCUT2D eigenvalue weighted by molar-refractivity contribution is -0.131. The van der Waals surface area contributed by atoms with E-state index >= 15 is 0 Å². The summed E-state index contributed by atoms with van der Waals surface area (Å²) in [6.07, 6.45) is 6.33. The normalized spacial score (nSPS) is 19.3. The number of rotatable bonds is 9. The number of likely N-dealkylation sites (N-methyl/N-ethyl adjacent to an activating group) is 1. The van der Waals surface area contributed by atoms with Gasteiger partial charge in [0, 0.05) is 26.7 Å². The highest BCUT2D eigenvalue weighted by Crippen LogP contribution is 2.33. The van der Waals surface area contributed by atoms with E-state index in [9.17, 15) is 4.79 Å². The van der Waals surface area contributed by atoms with E-state index in [-0.39, 0.29) is 5.91 Å². The summed E-state index contributed by atoms with van der Waals surface area (Å²) in [5.74, 6) is 1.99. The predicted octanol–water partition coefficient (Wildman–Crippen LogP) is 0.916. The number of carbonyl (C=O) groups is 1. The number of hydrogen-bond donors (Lipinski definition) is 1. The zero-order chi connectivity index (χ0) is 13.0. The van der Waals surface area contributed by atoms with Crippen LogP contribution in [0.5, 0.6) is 0 Å². The monoisotopic (exact) mass is 253 g/mol. The third-order valence-electron chi connectivity index (χ3n) is 3.91. The molecule has 1 amide bonds. The molecule has 0 bridgehead atoms. The zero-order valence-corrected chi connectivity index (χ0v) is 11.6. The molecule has 2 aliphatic carbocycles. The summed E-state index contributed by atoms with van der Waals surface area (Å²) < 4.78 is 0. The maximum Gasteiger partial charge on any atom is 0.236 e. The SMILES string of the molecule is CN(CCCN)C(=O)CN(CC1CC1)CC1CC1. The van der Waals surface area contributed by atoms with E-state index < -0.39 is 0 Å². The maximum absolute atomic E-state index is 12.1. The van der Waals surface area contributed by atoms with Gasteiger partial charge in [-0.25, -0.2) is 0 Å². The van der Waals surface area contributed by atoms with E-state index in [0.717, 1.165) is 37.9 Å². The highest BCUT2D eigenvalue weighted by Gasteiger charge is 2.30. The minimum atomic E-state index is 0.254. The fraction of sp³-hybridized carbons (Fsp3) is 0.929. The molecule has 4 heteroatoms. The molecule has 0 atom stereocenters.